The summed E-state index contributed by atoms with van der Waals surface area (Å²) in [6, 6.07) is 16.5. The van der Waals surface area contributed by atoms with Gasteiger partial charge in [0, 0.05) is 5.56 Å². The number of esters is 1. The summed E-state index contributed by atoms with van der Waals surface area (Å²) >= 11 is 0. The van der Waals surface area contributed by atoms with E-state index in [9.17, 15) is 4.79 Å². The number of oxazole rings is 1. The molecule has 4 rings (SSSR count). The van der Waals surface area contributed by atoms with Crippen LogP contribution in [-0.4, -0.2) is 27.5 Å². The maximum absolute atomic E-state index is 12.0. The van der Waals surface area contributed by atoms with Crippen LogP contribution in [0.4, 0.5) is 11.8 Å². The second-order valence-corrected chi connectivity index (χ2v) is 7.49. The van der Waals surface area contributed by atoms with E-state index in [0.29, 0.717) is 40.8 Å². The Morgan fingerprint density at radius 3 is 2.60 bits per heavy atom. The van der Waals surface area contributed by atoms with Crippen molar-refractivity contribution in [2.45, 2.75) is 26.6 Å². The molecular formula is C25H25N5O5. The third-order valence-corrected chi connectivity index (χ3v) is 4.91. The van der Waals surface area contributed by atoms with E-state index < -0.39 is 5.97 Å². The summed E-state index contributed by atoms with van der Waals surface area (Å²) in [5, 5.41) is 0. The Labute approximate surface area is 201 Å². The molecule has 10 heteroatoms. The second kappa shape index (κ2) is 11.0. The minimum atomic E-state index is -0.466. The number of carbonyl (C=O) groups excluding carboxylic acids is 1. The van der Waals surface area contributed by atoms with Gasteiger partial charge < -0.3 is 30.1 Å². The molecular weight excluding hydrogens is 450 g/mol. The fraction of sp³-hybridized carbons (Fsp3) is 0.200. The molecule has 0 aliphatic heterocycles. The van der Waals surface area contributed by atoms with Crippen molar-refractivity contribution in [3.8, 4) is 23.0 Å². The van der Waals surface area contributed by atoms with Gasteiger partial charge in [0.1, 0.15) is 30.9 Å². The summed E-state index contributed by atoms with van der Waals surface area (Å²) in [6.07, 6.45) is 2.08. The number of rotatable bonds is 10. The largest absolute Gasteiger partial charge is 0.482 e. The van der Waals surface area contributed by atoms with Gasteiger partial charge in [0.2, 0.25) is 11.8 Å². The van der Waals surface area contributed by atoms with E-state index in [0.717, 1.165) is 5.56 Å². The molecule has 0 radical (unpaired) electrons. The van der Waals surface area contributed by atoms with Crippen LogP contribution in [0, 0.1) is 0 Å². The van der Waals surface area contributed by atoms with Crippen molar-refractivity contribution in [2.24, 2.45) is 0 Å². The molecule has 4 N–H and O–H groups in total. The van der Waals surface area contributed by atoms with Crippen LogP contribution in [-0.2, 0) is 29.2 Å². The molecule has 0 saturated carbocycles. The zero-order valence-corrected chi connectivity index (χ0v) is 19.1. The highest BCUT2D eigenvalue weighted by atomic mass is 16.6. The number of carbonyl (C=O) groups is 1. The van der Waals surface area contributed by atoms with Gasteiger partial charge in [-0.25, -0.2) is 14.8 Å². The van der Waals surface area contributed by atoms with Gasteiger partial charge in [-0.3, -0.25) is 0 Å². The molecule has 0 aliphatic rings. The van der Waals surface area contributed by atoms with E-state index in [1.54, 1.807) is 18.2 Å². The number of nitrogens with zero attached hydrogens (tertiary/aromatic N) is 3. The maximum atomic E-state index is 12.0. The molecule has 4 aromatic rings. The molecule has 0 spiro atoms. The molecule has 0 saturated heterocycles. The van der Waals surface area contributed by atoms with Gasteiger partial charge in [0.05, 0.1) is 5.69 Å². The number of nitrogens with two attached hydrogens (primary N) is 2. The Morgan fingerprint density at radius 1 is 0.971 bits per heavy atom. The van der Waals surface area contributed by atoms with Gasteiger partial charge in [-0.1, -0.05) is 43.3 Å². The van der Waals surface area contributed by atoms with Crippen molar-refractivity contribution in [3.63, 3.8) is 0 Å². The van der Waals surface area contributed by atoms with E-state index in [-0.39, 0.29) is 31.6 Å². The molecule has 2 aromatic carbocycles. The predicted molar refractivity (Wildman–Crippen MR) is 128 cm³/mol. The fourth-order valence-electron chi connectivity index (χ4n) is 3.23. The third kappa shape index (κ3) is 6.26. The Kier molecular flexibility index (Phi) is 7.41. The molecule has 35 heavy (non-hydrogen) atoms. The Hall–Kier alpha value is -4.60. The first-order chi connectivity index (χ1) is 17.0. The van der Waals surface area contributed by atoms with Crippen LogP contribution in [0.15, 0.2) is 65.3 Å². The molecule has 0 unspecified atom stereocenters. The number of hydrogen-bond donors (Lipinski definition) is 2. The number of ether oxygens (including phenoxy) is 3. The highest BCUT2D eigenvalue weighted by Crippen LogP contribution is 2.27. The summed E-state index contributed by atoms with van der Waals surface area (Å²) in [4.78, 5) is 24.6. The van der Waals surface area contributed by atoms with Gasteiger partial charge in [-0.2, -0.15) is 4.98 Å². The van der Waals surface area contributed by atoms with Gasteiger partial charge >= 0.3 is 5.97 Å². The first-order valence-corrected chi connectivity index (χ1v) is 10.9. The molecule has 2 aromatic heterocycles. The summed E-state index contributed by atoms with van der Waals surface area (Å²) in [5.74, 6) is 1.03. The average molecular weight is 476 g/mol. The second-order valence-electron chi connectivity index (χ2n) is 7.49. The normalized spacial score (nSPS) is 10.7. The lowest BCUT2D eigenvalue weighted by Crippen LogP contribution is -2.14. The number of hydrogen-bond acceptors (Lipinski definition) is 10. The smallest absolute Gasteiger partial charge is 0.344 e. The SMILES string of the molecule is CCc1nc(N)nc(N)c1OCc1coc(-c2cccc(OCC(=O)OCc3ccccc3)c2)n1. The average Bonchev–Trinajstić information content (AvgIpc) is 3.35. The molecule has 0 aliphatic carbocycles. The highest BCUT2D eigenvalue weighted by molar-refractivity contribution is 5.71. The summed E-state index contributed by atoms with van der Waals surface area (Å²) in [7, 11) is 0. The van der Waals surface area contributed by atoms with Crippen LogP contribution in [0.2, 0.25) is 0 Å². The summed E-state index contributed by atoms with van der Waals surface area (Å²) in [5.41, 5.74) is 14.3. The number of benzene rings is 2. The van der Waals surface area contributed by atoms with Crippen molar-refractivity contribution < 1.29 is 23.4 Å². The van der Waals surface area contributed by atoms with Crippen molar-refractivity contribution >= 4 is 17.7 Å². The molecule has 2 heterocycles. The molecule has 0 amide bonds. The lowest BCUT2D eigenvalue weighted by molar-refractivity contribution is -0.147. The minimum absolute atomic E-state index is 0.0991. The van der Waals surface area contributed by atoms with Crippen LogP contribution in [0.25, 0.3) is 11.5 Å². The topological polar surface area (TPSA) is 149 Å². The molecule has 0 bridgehead atoms. The first-order valence-electron chi connectivity index (χ1n) is 10.9. The van der Waals surface area contributed by atoms with Crippen LogP contribution in [0.1, 0.15) is 23.9 Å². The van der Waals surface area contributed by atoms with Gasteiger partial charge in [-0.15, -0.1) is 0 Å². The van der Waals surface area contributed by atoms with E-state index >= 15 is 0 Å². The van der Waals surface area contributed by atoms with E-state index in [2.05, 4.69) is 15.0 Å². The lowest BCUT2D eigenvalue weighted by atomic mass is 10.2. The lowest BCUT2D eigenvalue weighted by Gasteiger charge is -2.11. The van der Waals surface area contributed by atoms with Crippen LogP contribution in [0.5, 0.6) is 11.5 Å². The predicted octanol–water partition coefficient (Wildman–Crippen LogP) is 3.56. The number of nitrogen functional groups attached to an aromatic ring is 2. The Bertz CT molecular complexity index is 1290. The maximum Gasteiger partial charge on any atom is 0.344 e. The molecule has 10 nitrogen and oxygen atoms in total. The van der Waals surface area contributed by atoms with Crippen molar-refractivity contribution in [3.05, 3.63) is 77.8 Å². The van der Waals surface area contributed by atoms with E-state index in [4.69, 9.17) is 30.1 Å². The van der Waals surface area contributed by atoms with Crippen LogP contribution < -0.4 is 20.9 Å². The Balaban J connectivity index is 1.34. The zero-order valence-electron chi connectivity index (χ0n) is 19.1. The molecule has 180 valence electrons. The zero-order chi connectivity index (χ0) is 24.6. The van der Waals surface area contributed by atoms with Crippen molar-refractivity contribution in [2.75, 3.05) is 18.1 Å². The third-order valence-electron chi connectivity index (χ3n) is 4.91. The summed E-state index contributed by atoms with van der Waals surface area (Å²) in [6.45, 7) is 2.00. The standard InChI is InChI=1S/C25H25N5O5/c1-2-20-22(23(26)30-25(27)29-20)34-13-18-14-35-24(28-18)17-9-6-10-19(11-17)32-15-21(31)33-12-16-7-4-3-5-8-16/h3-11,14H,2,12-13,15H2,1H3,(H4,26,27,29,30). The highest BCUT2D eigenvalue weighted by Gasteiger charge is 2.14. The first kappa shape index (κ1) is 23.6. The molecule has 0 fully saturated rings. The monoisotopic (exact) mass is 475 g/mol. The van der Waals surface area contributed by atoms with Gasteiger partial charge in [0.25, 0.3) is 0 Å². The van der Waals surface area contributed by atoms with Gasteiger partial charge in [-0.05, 0) is 30.2 Å². The Morgan fingerprint density at radius 2 is 1.80 bits per heavy atom. The van der Waals surface area contributed by atoms with Crippen molar-refractivity contribution in [1.82, 2.24) is 15.0 Å². The molecule has 0 atom stereocenters. The quantitative estimate of drug-likeness (QED) is 0.326. The van der Waals surface area contributed by atoms with Crippen LogP contribution >= 0.6 is 0 Å². The van der Waals surface area contributed by atoms with E-state index in [1.807, 2.05) is 43.3 Å². The number of aromatic nitrogens is 3. The number of aryl methyl sites for hydroxylation is 1. The van der Waals surface area contributed by atoms with E-state index in [1.165, 1.54) is 6.26 Å². The fourth-order valence-corrected chi connectivity index (χ4v) is 3.23. The minimum Gasteiger partial charge on any atom is -0.482 e. The summed E-state index contributed by atoms with van der Waals surface area (Å²) < 4.78 is 22.2. The van der Waals surface area contributed by atoms with Crippen LogP contribution in [0.3, 0.4) is 0 Å². The van der Waals surface area contributed by atoms with Gasteiger partial charge in [0.15, 0.2) is 18.2 Å². The number of anilines is 2. The van der Waals surface area contributed by atoms with Crippen molar-refractivity contribution in [1.29, 1.82) is 0 Å².